The lowest BCUT2D eigenvalue weighted by Gasteiger charge is -2.09. The summed E-state index contributed by atoms with van der Waals surface area (Å²) in [7, 11) is 0. The van der Waals surface area contributed by atoms with Gasteiger partial charge in [-0.05, 0) is 45.6 Å². The third-order valence-corrected chi connectivity index (χ3v) is 4.53. The van der Waals surface area contributed by atoms with Gasteiger partial charge in [-0.2, -0.15) is 4.98 Å². The Labute approximate surface area is 152 Å². The molecule has 4 aromatic rings. The molecular weight excluding hydrogens is 352 g/mol. The standard InChI is InChI=1S/C18H12N4O3S/c1-11-8-9-14(17(19-11)22(23)24)25-18-12-5-2-3-6-13(12)20-16(21-18)15-7-4-10-26-15/h2-10H,1H3. The highest BCUT2D eigenvalue weighted by molar-refractivity contribution is 7.13. The van der Waals surface area contributed by atoms with E-state index in [4.69, 9.17) is 4.74 Å². The van der Waals surface area contributed by atoms with Gasteiger partial charge in [-0.25, -0.2) is 4.98 Å². The molecule has 3 heterocycles. The molecule has 26 heavy (non-hydrogen) atoms. The molecule has 0 unspecified atom stereocenters. The Kier molecular flexibility index (Phi) is 4.02. The maximum atomic E-state index is 11.3. The largest absolute Gasteiger partial charge is 0.429 e. The van der Waals surface area contributed by atoms with Crippen molar-refractivity contribution >= 4 is 28.1 Å². The van der Waals surface area contributed by atoms with Crippen molar-refractivity contribution < 1.29 is 9.66 Å². The monoisotopic (exact) mass is 364 g/mol. The van der Waals surface area contributed by atoms with Crippen LogP contribution in [0.1, 0.15) is 5.69 Å². The van der Waals surface area contributed by atoms with E-state index in [1.807, 2.05) is 41.8 Å². The van der Waals surface area contributed by atoms with Crippen LogP contribution in [-0.2, 0) is 0 Å². The van der Waals surface area contributed by atoms with Crippen molar-refractivity contribution in [3.05, 3.63) is 69.7 Å². The molecule has 0 aliphatic heterocycles. The number of nitrogens with zero attached hydrogens (tertiary/aromatic N) is 4. The summed E-state index contributed by atoms with van der Waals surface area (Å²) in [5, 5.41) is 13.9. The third-order valence-electron chi connectivity index (χ3n) is 3.67. The van der Waals surface area contributed by atoms with Gasteiger partial charge in [0, 0.05) is 6.92 Å². The molecule has 0 atom stereocenters. The predicted octanol–water partition coefficient (Wildman–Crippen LogP) is 4.76. The number of aryl methyl sites for hydroxylation is 1. The third kappa shape index (κ3) is 2.98. The average molecular weight is 364 g/mol. The van der Waals surface area contributed by atoms with Crippen LogP contribution in [0.4, 0.5) is 5.82 Å². The smallest absolute Gasteiger partial charge is 0.407 e. The van der Waals surface area contributed by atoms with Crippen molar-refractivity contribution in [3.63, 3.8) is 0 Å². The van der Waals surface area contributed by atoms with Crippen molar-refractivity contribution in [3.8, 4) is 22.3 Å². The van der Waals surface area contributed by atoms with Crippen LogP contribution in [0.3, 0.4) is 0 Å². The first-order chi connectivity index (χ1) is 12.6. The van der Waals surface area contributed by atoms with Crippen LogP contribution >= 0.6 is 11.3 Å². The number of aromatic nitrogens is 3. The molecule has 3 aromatic heterocycles. The number of hydrogen-bond acceptors (Lipinski definition) is 7. The molecule has 0 fully saturated rings. The number of hydrogen-bond donors (Lipinski definition) is 0. The van der Waals surface area contributed by atoms with Gasteiger partial charge in [-0.1, -0.05) is 18.2 Å². The number of benzene rings is 1. The van der Waals surface area contributed by atoms with Gasteiger partial charge in [0.1, 0.15) is 5.69 Å². The van der Waals surface area contributed by atoms with Gasteiger partial charge in [-0.15, -0.1) is 11.3 Å². The number of pyridine rings is 1. The fourth-order valence-corrected chi connectivity index (χ4v) is 3.14. The first-order valence-corrected chi connectivity index (χ1v) is 8.60. The summed E-state index contributed by atoms with van der Waals surface area (Å²) < 4.78 is 5.83. The zero-order chi connectivity index (χ0) is 18.1. The van der Waals surface area contributed by atoms with Gasteiger partial charge in [0.25, 0.3) is 0 Å². The van der Waals surface area contributed by atoms with E-state index in [0.29, 0.717) is 22.4 Å². The quantitative estimate of drug-likeness (QED) is 0.383. The zero-order valence-corrected chi connectivity index (χ0v) is 14.4. The maximum absolute atomic E-state index is 11.3. The molecule has 0 N–H and O–H groups in total. The van der Waals surface area contributed by atoms with Gasteiger partial charge in [0.15, 0.2) is 5.82 Å². The highest BCUT2D eigenvalue weighted by Gasteiger charge is 2.20. The molecule has 0 aliphatic carbocycles. The van der Waals surface area contributed by atoms with Gasteiger partial charge in [0.2, 0.25) is 11.6 Å². The molecule has 0 amide bonds. The van der Waals surface area contributed by atoms with Gasteiger partial charge >= 0.3 is 5.82 Å². The summed E-state index contributed by atoms with van der Waals surface area (Å²) in [6.45, 7) is 1.69. The van der Waals surface area contributed by atoms with E-state index in [2.05, 4.69) is 15.0 Å². The number of fused-ring (bicyclic) bond motifs is 1. The molecule has 128 valence electrons. The fraction of sp³-hybridized carbons (Fsp3) is 0.0556. The molecule has 0 aliphatic rings. The second kappa shape index (κ2) is 6.49. The molecule has 0 bridgehead atoms. The van der Waals surface area contributed by atoms with E-state index >= 15 is 0 Å². The molecule has 0 saturated heterocycles. The fourth-order valence-electron chi connectivity index (χ4n) is 2.49. The highest BCUT2D eigenvalue weighted by atomic mass is 32.1. The minimum absolute atomic E-state index is 0.0431. The molecule has 0 spiro atoms. The predicted molar refractivity (Wildman–Crippen MR) is 98.6 cm³/mol. The van der Waals surface area contributed by atoms with Crippen LogP contribution < -0.4 is 4.74 Å². The van der Waals surface area contributed by atoms with Crippen molar-refractivity contribution in [1.29, 1.82) is 0 Å². The summed E-state index contributed by atoms with van der Waals surface area (Å²) >= 11 is 1.51. The van der Waals surface area contributed by atoms with E-state index in [0.717, 1.165) is 4.88 Å². The Morgan fingerprint density at radius 3 is 2.65 bits per heavy atom. The van der Waals surface area contributed by atoms with E-state index in [1.54, 1.807) is 13.0 Å². The summed E-state index contributed by atoms with van der Waals surface area (Å²) in [6, 6.07) is 14.4. The topological polar surface area (TPSA) is 91.0 Å². The lowest BCUT2D eigenvalue weighted by atomic mass is 10.2. The second-order valence-electron chi connectivity index (χ2n) is 5.48. The molecule has 7 nitrogen and oxygen atoms in total. The number of rotatable bonds is 4. The number of nitro groups is 1. The van der Waals surface area contributed by atoms with Crippen molar-refractivity contribution in [2.24, 2.45) is 0 Å². The normalized spacial score (nSPS) is 10.8. The molecule has 0 radical (unpaired) electrons. The Morgan fingerprint density at radius 2 is 1.88 bits per heavy atom. The Balaban J connectivity index is 1.88. The van der Waals surface area contributed by atoms with E-state index in [-0.39, 0.29) is 17.4 Å². The summed E-state index contributed by atoms with van der Waals surface area (Å²) in [6.07, 6.45) is 0. The lowest BCUT2D eigenvalue weighted by Crippen LogP contribution is -2.00. The van der Waals surface area contributed by atoms with Crippen molar-refractivity contribution in [2.45, 2.75) is 6.92 Å². The van der Waals surface area contributed by atoms with Crippen LogP contribution in [0.25, 0.3) is 21.6 Å². The summed E-state index contributed by atoms with van der Waals surface area (Å²) in [4.78, 5) is 24.6. The van der Waals surface area contributed by atoms with Crippen molar-refractivity contribution in [1.82, 2.24) is 15.0 Å². The van der Waals surface area contributed by atoms with Crippen LogP contribution in [0.15, 0.2) is 53.9 Å². The maximum Gasteiger partial charge on any atom is 0.407 e. The first kappa shape index (κ1) is 16.1. The summed E-state index contributed by atoms with van der Waals surface area (Å²) in [5.41, 5.74) is 1.24. The summed E-state index contributed by atoms with van der Waals surface area (Å²) in [5.74, 6) is 0.469. The highest BCUT2D eigenvalue weighted by Crippen LogP contribution is 2.34. The minimum atomic E-state index is -0.564. The SMILES string of the molecule is Cc1ccc(Oc2nc(-c3cccs3)nc3ccccc23)c([N+](=O)[O-])n1. The van der Waals surface area contributed by atoms with Crippen LogP contribution in [-0.4, -0.2) is 19.9 Å². The lowest BCUT2D eigenvalue weighted by molar-refractivity contribution is -0.390. The zero-order valence-electron chi connectivity index (χ0n) is 13.6. The number of para-hydroxylation sites is 1. The number of thiophene rings is 1. The van der Waals surface area contributed by atoms with Gasteiger partial charge in [-0.3, -0.25) is 0 Å². The Hall–Kier alpha value is -3.39. The first-order valence-electron chi connectivity index (χ1n) is 7.72. The van der Waals surface area contributed by atoms with Crippen LogP contribution in [0, 0.1) is 17.0 Å². The Morgan fingerprint density at radius 1 is 1.04 bits per heavy atom. The van der Waals surface area contributed by atoms with E-state index in [1.165, 1.54) is 17.4 Å². The Bertz CT molecular complexity index is 1110. The minimum Gasteiger partial charge on any atom is -0.429 e. The van der Waals surface area contributed by atoms with E-state index in [9.17, 15) is 10.1 Å². The number of ether oxygens (including phenoxy) is 1. The molecular formula is C18H12N4O3S. The van der Waals surface area contributed by atoms with Crippen LogP contribution in [0.2, 0.25) is 0 Å². The second-order valence-corrected chi connectivity index (χ2v) is 6.43. The molecule has 4 rings (SSSR count). The average Bonchev–Trinajstić information content (AvgIpc) is 3.17. The van der Waals surface area contributed by atoms with Gasteiger partial charge in [0.05, 0.1) is 15.8 Å². The molecule has 1 aromatic carbocycles. The molecule has 8 heteroatoms. The van der Waals surface area contributed by atoms with Crippen molar-refractivity contribution in [2.75, 3.05) is 0 Å². The van der Waals surface area contributed by atoms with Crippen LogP contribution in [0.5, 0.6) is 11.6 Å². The molecule has 0 saturated carbocycles. The van der Waals surface area contributed by atoms with E-state index < -0.39 is 4.92 Å². The van der Waals surface area contributed by atoms with Gasteiger partial charge < -0.3 is 14.9 Å².